The Balaban J connectivity index is 2.96. The first-order valence-corrected chi connectivity index (χ1v) is 3.18. The van der Waals surface area contributed by atoms with Crippen molar-refractivity contribution in [1.29, 1.82) is 0 Å². The molecular formula is C7H11N3. The summed E-state index contributed by atoms with van der Waals surface area (Å²) in [6, 6.07) is 5.41. The third kappa shape index (κ3) is 1.45. The van der Waals surface area contributed by atoms with E-state index in [9.17, 15) is 0 Å². The number of nitrogens with two attached hydrogens (primary N) is 2. The fourth-order valence-corrected chi connectivity index (χ4v) is 0.722. The van der Waals surface area contributed by atoms with Crippen LogP contribution in [0.15, 0.2) is 18.2 Å². The quantitative estimate of drug-likeness (QED) is 0.598. The molecule has 54 valence electrons. The van der Waals surface area contributed by atoms with E-state index in [1.54, 1.807) is 6.07 Å². The van der Waals surface area contributed by atoms with Crippen LogP contribution in [0.3, 0.4) is 0 Å². The van der Waals surface area contributed by atoms with Crippen LogP contribution in [0.1, 0.15) is 18.7 Å². The van der Waals surface area contributed by atoms with Crippen molar-refractivity contribution in [1.82, 2.24) is 4.98 Å². The number of hydrogen-bond acceptors (Lipinski definition) is 3. The maximum atomic E-state index is 5.56. The molecule has 1 rings (SSSR count). The number of nitrogens with zero attached hydrogens (tertiary/aromatic N) is 1. The van der Waals surface area contributed by atoms with E-state index in [0.717, 1.165) is 5.69 Å². The largest absolute Gasteiger partial charge is 0.384 e. The molecule has 0 saturated carbocycles. The second kappa shape index (κ2) is 2.66. The molecule has 1 heterocycles. The molecule has 0 saturated heterocycles. The topological polar surface area (TPSA) is 64.9 Å². The van der Waals surface area contributed by atoms with E-state index in [1.165, 1.54) is 0 Å². The fraction of sp³-hybridized carbons (Fsp3) is 0.286. The molecule has 3 heteroatoms. The van der Waals surface area contributed by atoms with Gasteiger partial charge in [-0.2, -0.15) is 0 Å². The summed E-state index contributed by atoms with van der Waals surface area (Å²) in [5.74, 6) is 0.523. The van der Waals surface area contributed by atoms with Gasteiger partial charge in [0, 0.05) is 6.04 Å². The molecule has 0 unspecified atom stereocenters. The molecule has 0 amide bonds. The highest BCUT2D eigenvalue weighted by Crippen LogP contribution is 2.06. The lowest BCUT2D eigenvalue weighted by molar-refractivity contribution is 0.783. The molecule has 0 aliphatic carbocycles. The third-order valence-electron chi connectivity index (χ3n) is 1.26. The van der Waals surface area contributed by atoms with Crippen LogP contribution in [0.2, 0.25) is 0 Å². The maximum Gasteiger partial charge on any atom is 0.123 e. The first kappa shape index (κ1) is 7.02. The van der Waals surface area contributed by atoms with E-state index in [2.05, 4.69) is 4.98 Å². The molecule has 0 aliphatic rings. The van der Waals surface area contributed by atoms with E-state index in [0.29, 0.717) is 5.82 Å². The number of pyridine rings is 1. The van der Waals surface area contributed by atoms with Crippen LogP contribution in [0, 0.1) is 0 Å². The average Bonchev–Trinajstić information content (AvgIpc) is 1.88. The van der Waals surface area contributed by atoms with E-state index in [1.807, 2.05) is 19.1 Å². The number of hydrogen-bond donors (Lipinski definition) is 2. The molecule has 0 radical (unpaired) electrons. The second-order valence-corrected chi connectivity index (χ2v) is 2.28. The summed E-state index contributed by atoms with van der Waals surface area (Å²) in [5.41, 5.74) is 11.8. The van der Waals surface area contributed by atoms with Crippen molar-refractivity contribution in [2.75, 3.05) is 5.73 Å². The van der Waals surface area contributed by atoms with Gasteiger partial charge in [-0.1, -0.05) is 6.07 Å². The van der Waals surface area contributed by atoms with Crippen LogP contribution in [0.4, 0.5) is 5.82 Å². The summed E-state index contributed by atoms with van der Waals surface area (Å²) in [6.45, 7) is 1.88. The third-order valence-corrected chi connectivity index (χ3v) is 1.26. The predicted octanol–water partition coefficient (Wildman–Crippen LogP) is 0.684. The highest BCUT2D eigenvalue weighted by molar-refractivity contribution is 5.29. The Morgan fingerprint density at radius 2 is 2.20 bits per heavy atom. The fourth-order valence-electron chi connectivity index (χ4n) is 0.722. The summed E-state index contributed by atoms with van der Waals surface area (Å²) < 4.78 is 0. The number of rotatable bonds is 1. The van der Waals surface area contributed by atoms with Gasteiger partial charge in [-0.3, -0.25) is 0 Å². The monoisotopic (exact) mass is 137 g/mol. The van der Waals surface area contributed by atoms with E-state index < -0.39 is 0 Å². The van der Waals surface area contributed by atoms with Crippen LogP contribution < -0.4 is 11.5 Å². The molecule has 3 nitrogen and oxygen atoms in total. The Hall–Kier alpha value is -1.09. The van der Waals surface area contributed by atoms with Crippen molar-refractivity contribution in [3.05, 3.63) is 23.9 Å². The molecule has 10 heavy (non-hydrogen) atoms. The second-order valence-electron chi connectivity index (χ2n) is 2.28. The minimum Gasteiger partial charge on any atom is -0.384 e. The van der Waals surface area contributed by atoms with Gasteiger partial charge >= 0.3 is 0 Å². The molecule has 1 aromatic heterocycles. The van der Waals surface area contributed by atoms with E-state index >= 15 is 0 Å². The zero-order valence-corrected chi connectivity index (χ0v) is 5.91. The van der Waals surface area contributed by atoms with Gasteiger partial charge in [0.05, 0.1) is 5.69 Å². The molecular weight excluding hydrogens is 126 g/mol. The first-order chi connectivity index (χ1) is 4.70. The van der Waals surface area contributed by atoms with Crippen LogP contribution in [0.5, 0.6) is 0 Å². The van der Waals surface area contributed by atoms with Crippen molar-refractivity contribution >= 4 is 5.82 Å². The highest BCUT2D eigenvalue weighted by Gasteiger charge is 1.98. The summed E-state index contributed by atoms with van der Waals surface area (Å²) in [6.07, 6.45) is 0. The predicted molar refractivity (Wildman–Crippen MR) is 41.3 cm³/mol. The maximum absolute atomic E-state index is 5.56. The zero-order valence-electron chi connectivity index (χ0n) is 5.91. The van der Waals surface area contributed by atoms with Gasteiger partial charge in [-0.15, -0.1) is 0 Å². The van der Waals surface area contributed by atoms with Crippen molar-refractivity contribution in [2.24, 2.45) is 5.73 Å². The summed E-state index contributed by atoms with van der Waals surface area (Å²) in [4.78, 5) is 4.03. The van der Waals surface area contributed by atoms with Gasteiger partial charge < -0.3 is 11.5 Å². The number of anilines is 1. The summed E-state index contributed by atoms with van der Waals surface area (Å²) in [7, 11) is 0. The summed E-state index contributed by atoms with van der Waals surface area (Å²) >= 11 is 0. The van der Waals surface area contributed by atoms with Gasteiger partial charge in [0.2, 0.25) is 0 Å². The van der Waals surface area contributed by atoms with Gasteiger partial charge in [0.15, 0.2) is 0 Å². The normalized spacial score (nSPS) is 13.0. The Morgan fingerprint density at radius 3 is 2.60 bits per heavy atom. The SMILES string of the molecule is C[C@H](N)c1cccc(N)n1. The smallest absolute Gasteiger partial charge is 0.123 e. The van der Waals surface area contributed by atoms with Crippen LogP contribution in [0.25, 0.3) is 0 Å². The van der Waals surface area contributed by atoms with Gasteiger partial charge in [0.25, 0.3) is 0 Å². The molecule has 4 N–H and O–H groups in total. The van der Waals surface area contributed by atoms with Crippen molar-refractivity contribution in [2.45, 2.75) is 13.0 Å². The zero-order chi connectivity index (χ0) is 7.56. The van der Waals surface area contributed by atoms with Crippen molar-refractivity contribution < 1.29 is 0 Å². The van der Waals surface area contributed by atoms with Crippen molar-refractivity contribution in [3.8, 4) is 0 Å². The summed E-state index contributed by atoms with van der Waals surface area (Å²) in [5, 5.41) is 0. The van der Waals surface area contributed by atoms with Gasteiger partial charge in [0.1, 0.15) is 5.82 Å². The van der Waals surface area contributed by atoms with Gasteiger partial charge in [-0.25, -0.2) is 4.98 Å². The molecule has 0 spiro atoms. The van der Waals surface area contributed by atoms with Crippen LogP contribution in [-0.4, -0.2) is 4.98 Å². The van der Waals surface area contributed by atoms with Gasteiger partial charge in [-0.05, 0) is 19.1 Å². The number of nitrogen functional groups attached to an aromatic ring is 1. The first-order valence-electron chi connectivity index (χ1n) is 3.18. The number of aromatic nitrogens is 1. The minimum absolute atomic E-state index is 0.0384. The lowest BCUT2D eigenvalue weighted by Gasteiger charge is -2.03. The van der Waals surface area contributed by atoms with Crippen LogP contribution in [-0.2, 0) is 0 Å². The molecule has 1 atom stereocenters. The molecule has 1 aromatic rings. The molecule has 0 aromatic carbocycles. The standard InChI is InChI=1S/C7H11N3/c1-5(8)6-3-2-4-7(9)10-6/h2-5H,8H2,1H3,(H2,9,10)/t5-/m0/s1. The average molecular weight is 137 g/mol. The Bertz CT molecular complexity index is 220. The van der Waals surface area contributed by atoms with E-state index in [-0.39, 0.29) is 6.04 Å². The molecule has 0 bridgehead atoms. The van der Waals surface area contributed by atoms with E-state index in [4.69, 9.17) is 11.5 Å². The lowest BCUT2D eigenvalue weighted by Crippen LogP contribution is -2.07. The Morgan fingerprint density at radius 1 is 1.50 bits per heavy atom. The highest BCUT2D eigenvalue weighted by atomic mass is 14.9. The minimum atomic E-state index is -0.0384. The Kier molecular flexibility index (Phi) is 1.87. The Labute approximate surface area is 60.1 Å². The lowest BCUT2D eigenvalue weighted by atomic mass is 10.2. The van der Waals surface area contributed by atoms with Crippen LogP contribution >= 0.6 is 0 Å². The van der Waals surface area contributed by atoms with Crippen molar-refractivity contribution in [3.63, 3.8) is 0 Å². The molecule has 0 aliphatic heterocycles. The molecule has 0 fully saturated rings.